The quantitative estimate of drug-likeness (QED) is 0.479. The maximum Gasteiger partial charge on any atom is 0.237 e. The molecule has 3 N–H and O–H groups in total. The monoisotopic (exact) mass is 159 g/mol. The summed E-state index contributed by atoms with van der Waals surface area (Å²) in [6, 6.07) is -1.69. The second kappa shape index (κ2) is 3.92. The van der Waals surface area contributed by atoms with Crippen molar-refractivity contribution in [1.29, 1.82) is 0 Å². The molecule has 0 aliphatic rings. The largest absolute Gasteiger partial charge is 0.548 e. The zero-order valence-electron chi connectivity index (χ0n) is 6.46. The Bertz CT molecular complexity index is 167. The van der Waals surface area contributed by atoms with Crippen LogP contribution in [0, 0.1) is 0 Å². The van der Waals surface area contributed by atoms with Crippen LogP contribution in [0.2, 0.25) is 0 Å². The van der Waals surface area contributed by atoms with Gasteiger partial charge < -0.3 is 21.0 Å². The molecule has 0 aromatic heterocycles. The van der Waals surface area contributed by atoms with Crippen molar-refractivity contribution < 1.29 is 14.7 Å². The van der Waals surface area contributed by atoms with Gasteiger partial charge in [-0.1, -0.05) is 0 Å². The number of nitrogens with one attached hydrogen (secondary N) is 1. The Hall–Kier alpha value is -1.10. The van der Waals surface area contributed by atoms with E-state index < -0.39 is 24.0 Å². The maximum absolute atomic E-state index is 10.7. The molecule has 0 bridgehead atoms. The van der Waals surface area contributed by atoms with Gasteiger partial charge in [-0.25, -0.2) is 0 Å². The van der Waals surface area contributed by atoms with Gasteiger partial charge in [-0.3, -0.25) is 4.79 Å². The minimum Gasteiger partial charge on any atom is -0.548 e. The summed E-state index contributed by atoms with van der Waals surface area (Å²) in [6.45, 7) is 2.78. The number of carboxylic acids is 1. The summed E-state index contributed by atoms with van der Waals surface area (Å²) < 4.78 is 0. The molecule has 11 heavy (non-hydrogen) atoms. The highest BCUT2D eigenvalue weighted by Gasteiger charge is 2.10. The van der Waals surface area contributed by atoms with Gasteiger partial charge in [0.2, 0.25) is 5.91 Å². The van der Waals surface area contributed by atoms with E-state index in [-0.39, 0.29) is 0 Å². The molecule has 0 heterocycles. The number of aliphatic carboxylic acids is 1. The van der Waals surface area contributed by atoms with Gasteiger partial charge in [0.05, 0.1) is 18.1 Å². The highest BCUT2D eigenvalue weighted by Crippen LogP contribution is 1.81. The van der Waals surface area contributed by atoms with Gasteiger partial charge in [0.15, 0.2) is 0 Å². The third-order valence-electron chi connectivity index (χ3n) is 1.13. The Morgan fingerprint density at radius 2 is 1.91 bits per heavy atom. The van der Waals surface area contributed by atoms with Crippen molar-refractivity contribution in [1.82, 2.24) is 5.32 Å². The Kier molecular flexibility index (Phi) is 3.53. The minimum absolute atomic E-state index is 0.498. The summed E-state index contributed by atoms with van der Waals surface area (Å²) in [5, 5.41) is 12.2. The number of hydrogen-bond donors (Lipinski definition) is 2. The summed E-state index contributed by atoms with van der Waals surface area (Å²) in [7, 11) is 0. The van der Waals surface area contributed by atoms with E-state index in [0.29, 0.717) is 0 Å². The van der Waals surface area contributed by atoms with Gasteiger partial charge in [-0.15, -0.1) is 0 Å². The molecule has 0 radical (unpaired) electrons. The third-order valence-corrected chi connectivity index (χ3v) is 1.13. The van der Waals surface area contributed by atoms with Crippen LogP contribution >= 0.6 is 0 Å². The van der Waals surface area contributed by atoms with Crippen LogP contribution in [0.4, 0.5) is 0 Å². The number of hydrogen-bond acceptors (Lipinski definition) is 4. The van der Waals surface area contributed by atoms with E-state index >= 15 is 0 Å². The Morgan fingerprint density at radius 3 is 2.18 bits per heavy atom. The van der Waals surface area contributed by atoms with Crippen molar-refractivity contribution in [3.8, 4) is 0 Å². The number of carboxylic acid groups (broad SMARTS) is 1. The molecule has 0 unspecified atom stereocenters. The molecule has 64 valence electrons. The first-order valence-electron chi connectivity index (χ1n) is 3.22. The van der Waals surface area contributed by atoms with E-state index in [0.717, 1.165) is 0 Å². The first kappa shape index (κ1) is 9.90. The van der Waals surface area contributed by atoms with Gasteiger partial charge >= 0.3 is 0 Å². The van der Waals surface area contributed by atoms with Crippen LogP contribution in [0.3, 0.4) is 0 Å². The van der Waals surface area contributed by atoms with Crippen LogP contribution in [0.1, 0.15) is 13.8 Å². The van der Waals surface area contributed by atoms with Crippen LogP contribution in [0.25, 0.3) is 0 Å². The predicted molar refractivity (Wildman–Crippen MR) is 36.3 cm³/mol. The van der Waals surface area contributed by atoms with Crippen molar-refractivity contribution in [2.45, 2.75) is 25.9 Å². The SMILES string of the molecule is C[C@H](N)C(=O)N[C@@H](C)C(=O)[O-]. The van der Waals surface area contributed by atoms with E-state index in [1.54, 1.807) is 0 Å². The highest BCUT2D eigenvalue weighted by molar-refractivity contribution is 5.85. The number of nitrogens with two attached hydrogens (primary N) is 1. The molecule has 0 spiro atoms. The predicted octanol–water partition coefficient (Wildman–Crippen LogP) is -2.41. The first-order valence-corrected chi connectivity index (χ1v) is 3.22. The fourth-order valence-corrected chi connectivity index (χ4v) is 0.404. The average Bonchev–Trinajstić information content (AvgIpc) is 1.87. The van der Waals surface area contributed by atoms with Crippen molar-refractivity contribution in [3.63, 3.8) is 0 Å². The smallest absolute Gasteiger partial charge is 0.237 e. The van der Waals surface area contributed by atoms with Gasteiger partial charge in [0, 0.05) is 0 Å². The van der Waals surface area contributed by atoms with E-state index in [1.807, 2.05) is 0 Å². The highest BCUT2D eigenvalue weighted by atomic mass is 16.4. The Labute approximate surface area is 64.6 Å². The molecule has 2 atom stereocenters. The van der Waals surface area contributed by atoms with Crippen molar-refractivity contribution in [2.24, 2.45) is 5.73 Å². The van der Waals surface area contributed by atoms with Gasteiger partial charge in [-0.2, -0.15) is 0 Å². The Morgan fingerprint density at radius 1 is 1.45 bits per heavy atom. The van der Waals surface area contributed by atoms with Crippen molar-refractivity contribution >= 4 is 11.9 Å². The summed E-state index contributed by atoms with van der Waals surface area (Å²) in [4.78, 5) is 20.8. The molecule has 0 aliphatic heterocycles. The standard InChI is InChI=1S/C6H12N2O3/c1-3(7)5(9)8-4(2)6(10)11/h3-4H,7H2,1-2H3,(H,8,9)(H,10,11)/p-1/t3-,4-/m0/s1. The first-order chi connectivity index (χ1) is 4.95. The lowest BCUT2D eigenvalue weighted by molar-refractivity contribution is -0.307. The summed E-state index contributed by atoms with van der Waals surface area (Å²) >= 11 is 0. The molecule has 0 rings (SSSR count). The molecular weight excluding hydrogens is 148 g/mol. The molecule has 0 fully saturated rings. The molecule has 1 amide bonds. The lowest BCUT2D eigenvalue weighted by Crippen LogP contribution is -2.50. The zero-order chi connectivity index (χ0) is 9.02. The van der Waals surface area contributed by atoms with Gasteiger partial charge in [0.1, 0.15) is 0 Å². The zero-order valence-corrected chi connectivity index (χ0v) is 6.46. The normalized spacial score (nSPS) is 15.2. The molecule has 0 aromatic carbocycles. The molecular formula is C6H11N2O3-. The Balaban J connectivity index is 3.85. The summed E-state index contributed by atoms with van der Waals surface area (Å²) in [5.41, 5.74) is 5.16. The number of carbonyl (C=O) groups excluding carboxylic acids is 2. The minimum atomic E-state index is -1.32. The van der Waals surface area contributed by atoms with E-state index in [4.69, 9.17) is 5.73 Å². The lowest BCUT2D eigenvalue weighted by atomic mass is 10.3. The molecule has 0 saturated carbocycles. The number of rotatable bonds is 3. The van der Waals surface area contributed by atoms with Crippen molar-refractivity contribution in [3.05, 3.63) is 0 Å². The molecule has 5 heteroatoms. The second-order valence-electron chi connectivity index (χ2n) is 2.34. The summed E-state index contributed by atoms with van der Waals surface area (Å²) in [6.07, 6.45) is 0. The maximum atomic E-state index is 10.7. The number of carbonyl (C=O) groups is 2. The fourth-order valence-electron chi connectivity index (χ4n) is 0.404. The molecule has 0 aromatic rings. The van der Waals surface area contributed by atoms with Crippen LogP contribution in [-0.4, -0.2) is 24.0 Å². The van der Waals surface area contributed by atoms with E-state index in [2.05, 4.69) is 5.32 Å². The van der Waals surface area contributed by atoms with Crippen LogP contribution in [0.15, 0.2) is 0 Å². The summed E-state index contributed by atoms with van der Waals surface area (Å²) in [5.74, 6) is -1.82. The second-order valence-corrected chi connectivity index (χ2v) is 2.34. The molecule has 0 saturated heterocycles. The van der Waals surface area contributed by atoms with Crippen LogP contribution in [-0.2, 0) is 9.59 Å². The molecule has 0 aliphatic carbocycles. The average molecular weight is 159 g/mol. The van der Waals surface area contributed by atoms with E-state index in [1.165, 1.54) is 13.8 Å². The topological polar surface area (TPSA) is 95.2 Å². The van der Waals surface area contributed by atoms with Crippen LogP contribution < -0.4 is 16.2 Å². The van der Waals surface area contributed by atoms with E-state index in [9.17, 15) is 14.7 Å². The third kappa shape index (κ3) is 3.57. The fraction of sp³-hybridized carbons (Fsp3) is 0.667. The van der Waals surface area contributed by atoms with Gasteiger partial charge in [-0.05, 0) is 13.8 Å². The van der Waals surface area contributed by atoms with Crippen LogP contribution in [0.5, 0.6) is 0 Å². The lowest BCUT2D eigenvalue weighted by Gasteiger charge is -2.15. The number of amides is 1. The molecule has 5 nitrogen and oxygen atoms in total. The van der Waals surface area contributed by atoms with Crippen molar-refractivity contribution in [2.75, 3.05) is 0 Å². The van der Waals surface area contributed by atoms with Gasteiger partial charge in [0.25, 0.3) is 0 Å².